The summed E-state index contributed by atoms with van der Waals surface area (Å²) in [5.74, 6) is 0.438. The highest BCUT2D eigenvalue weighted by Crippen LogP contribution is 2.17. The molecule has 5 nitrogen and oxygen atoms in total. The summed E-state index contributed by atoms with van der Waals surface area (Å²) in [6.07, 6.45) is 5.62. The van der Waals surface area contributed by atoms with Gasteiger partial charge in [0.05, 0.1) is 12.5 Å². The van der Waals surface area contributed by atoms with E-state index in [9.17, 15) is 9.59 Å². The van der Waals surface area contributed by atoms with Gasteiger partial charge in [-0.3, -0.25) is 14.5 Å². The van der Waals surface area contributed by atoms with Crippen molar-refractivity contribution in [2.24, 2.45) is 5.92 Å². The molecule has 1 atom stereocenters. The van der Waals surface area contributed by atoms with Gasteiger partial charge in [-0.15, -0.1) is 0 Å². The molecule has 2 fully saturated rings. The fourth-order valence-electron chi connectivity index (χ4n) is 3.12. The minimum Gasteiger partial charge on any atom is -0.356 e. The van der Waals surface area contributed by atoms with Crippen LogP contribution in [-0.2, 0) is 9.59 Å². The molecule has 114 valence electrons. The van der Waals surface area contributed by atoms with Crippen molar-refractivity contribution in [3.05, 3.63) is 0 Å². The summed E-state index contributed by atoms with van der Waals surface area (Å²) in [4.78, 5) is 28.2. The summed E-state index contributed by atoms with van der Waals surface area (Å²) in [6, 6.07) is 0. The molecule has 1 N–H and O–H groups in total. The lowest BCUT2D eigenvalue weighted by Crippen LogP contribution is -2.40. The molecule has 2 rings (SSSR count). The van der Waals surface area contributed by atoms with Crippen LogP contribution in [0.5, 0.6) is 0 Å². The molecule has 20 heavy (non-hydrogen) atoms. The van der Waals surface area contributed by atoms with Gasteiger partial charge < -0.3 is 10.2 Å². The summed E-state index contributed by atoms with van der Waals surface area (Å²) >= 11 is 0. The zero-order chi connectivity index (χ0) is 14.4. The monoisotopic (exact) mass is 281 g/mol. The quantitative estimate of drug-likeness (QED) is 0.831. The van der Waals surface area contributed by atoms with Gasteiger partial charge in [-0.2, -0.15) is 0 Å². The average molecular weight is 281 g/mol. The Kier molecular flexibility index (Phi) is 5.83. The number of carbonyl (C=O) groups is 2. The fourth-order valence-corrected chi connectivity index (χ4v) is 3.12. The van der Waals surface area contributed by atoms with E-state index >= 15 is 0 Å². The largest absolute Gasteiger partial charge is 0.356 e. The van der Waals surface area contributed by atoms with Crippen molar-refractivity contribution in [3.63, 3.8) is 0 Å². The zero-order valence-electron chi connectivity index (χ0n) is 12.6. The molecule has 0 saturated carbocycles. The maximum absolute atomic E-state index is 12.3. The molecule has 2 amide bonds. The molecular formula is C15H27N3O2. The second kappa shape index (κ2) is 7.62. The van der Waals surface area contributed by atoms with Crippen molar-refractivity contribution in [3.8, 4) is 0 Å². The van der Waals surface area contributed by atoms with E-state index in [0.29, 0.717) is 13.1 Å². The lowest BCUT2D eigenvalue weighted by molar-refractivity contribution is -0.132. The maximum atomic E-state index is 12.3. The number of nitrogens with zero attached hydrogens (tertiary/aromatic N) is 2. The summed E-state index contributed by atoms with van der Waals surface area (Å²) in [5.41, 5.74) is 0. The van der Waals surface area contributed by atoms with Gasteiger partial charge in [0.15, 0.2) is 0 Å². The van der Waals surface area contributed by atoms with Crippen LogP contribution >= 0.6 is 0 Å². The molecule has 5 heteroatoms. The first-order valence-electron chi connectivity index (χ1n) is 7.98. The lowest BCUT2D eigenvalue weighted by atomic mass is 10.1. The standard InChI is InChI=1S/C15H27N3O2/c1-2-16-15(20)13-7-10-17(11-13)12-14(19)18-8-5-3-4-6-9-18/h13H,2-12H2,1H3,(H,16,20). The van der Waals surface area contributed by atoms with Crippen LogP contribution < -0.4 is 5.32 Å². The van der Waals surface area contributed by atoms with Crippen molar-refractivity contribution in [1.29, 1.82) is 0 Å². The molecule has 0 radical (unpaired) electrons. The van der Waals surface area contributed by atoms with Crippen molar-refractivity contribution < 1.29 is 9.59 Å². The Balaban J connectivity index is 1.76. The summed E-state index contributed by atoms with van der Waals surface area (Å²) < 4.78 is 0. The van der Waals surface area contributed by atoms with Crippen molar-refractivity contribution in [2.45, 2.75) is 39.0 Å². The van der Waals surface area contributed by atoms with Gasteiger partial charge in [-0.1, -0.05) is 12.8 Å². The summed E-state index contributed by atoms with van der Waals surface area (Å²) in [5, 5.41) is 2.87. The van der Waals surface area contributed by atoms with Gasteiger partial charge in [0.2, 0.25) is 11.8 Å². The predicted octanol–water partition coefficient (Wildman–Crippen LogP) is 0.847. The molecule has 0 aliphatic carbocycles. The van der Waals surface area contributed by atoms with Gasteiger partial charge in [-0.05, 0) is 32.7 Å². The van der Waals surface area contributed by atoms with E-state index in [1.807, 2.05) is 11.8 Å². The molecule has 0 aromatic carbocycles. The van der Waals surface area contributed by atoms with Crippen LogP contribution in [0.3, 0.4) is 0 Å². The van der Waals surface area contributed by atoms with E-state index in [-0.39, 0.29) is 17.7 Å². The lowest BCUT2D eigenvalue weighted by Gasteiger charge is -2.23. The van der Waals surface area contributed by atoms with E-state index in [4.69, 9.17) is 0 Å². The average Bonchev–Trinajstić information content (AvgIpc) is 2.73. The number of carbonyl (C=O) groups excluding carboxylic acids is 2. The third-order valence-corrected chi connectivity index (χ3v) is 4.31. The topological polar surface area (TPSA) is 52.7 Å². The molecule has 0 aromatic rings. The minimum absolute atomic E-state index is 0.0619. The number of nitrogens with one attached hydrogen (secondary N) is 1. The fraction of sp³-hybridized carbons (Fsp3) is 0.867. The van der Waals surface area contributed by atoms with E-state index in [2.05, 4.69) is 10.2 Å². The Morgan fingerprint density at radius 3 is 2.45 bits per heavy atom. The predicted molar refractivity (Wildman–Crippen MR) is 78.3 cm³/mol. The van der Waals surface area contributed by atoms with Crippen LogP contribution in [0.25, 0.3) is 0 Å². The van der Waals surface area contributed by atoms with Crippen LogP contribution in [0.15, 0.2) is 0 Å². The van der Waals surface area contributed by atoms with Crippen LogP contribution in [0.1, 0.15) is 39.0 Å². The van der Waals surface area contributed by atoms with Gasteiger partial charge in [-0.25, -0.2) is 0 Å². The molecule has 2 aliphatic heterocycles. The molecular weight excluding hydrogens is 254 g/mol. The summed E-state index contributed by atoms with van der Waals surface area (Å²) in [6.45, 7) is 6.51. The molecule has 0 bridgehead atoms. The van der Waals surface area contributed by atoms with Crippen molar-refractivity contribution >= 4 is 11.8 Å². The highest BCUT2D eigenvalue weighted by Gasteiger charge is 2.29. The minimum atomic E-state index is 0.0619. The molecule has 0 spiro atoms. The number of likely N-dealkylation sites (tertiary alicyclic amines) is 2. The van der Waals surface area contributed by atoms with Crippen LogP contribution in [0, 0.1) is 5.92 Å². The van der Waals surface area contributed by atoms with E-state index < -0.39 is 0 Å². The molecule has 2 saturated heterocycles. The SMILES string of the molecule is CCNC(=O)C1CCN(CC(=O)N2CCCCCC2)C1. The third-order valence-electron chi connectivity index (χ3n) is 4.31. The molecule has 2 aliphatic rings. The Labute approximate surface area is 121 Å². The Morgan fingerprint density at radius 1 is 1.10 bits per heavy atom. The first-order chi connectivity index (χ1) is 9.70. The van der Waals surface area contributed by atoms with Gasteiger partial charge in [0.1, 0.15) is 0 Å². The molecule has 1 unspecified atom stereocenters. The molecule has 0 aromatic heterocycles. The van der Waals surface area contributed by atoms with Crippen molar-refractivity contribution in [2.75, 3.05) is 39.3 Å². The van der Waals surface area contributed by atoms with Crippen LogP contribution in [0.2, 0.25) is 0 Å². The van der Waals surface area contributed by atoms with E-state index in [1.54, 1.807) is 0 Å². The Morgan fingerprint density at radius 2 is 1.80 bits per heavy atom. The van der Waals surface area contributed by atoms with E-state index in [1.165, 1.54) is 12.8 Å². The van der Waals surface area contributed by atoms with Gasteiger partial charge in [0.25, 0.3) is 0 Å². The Bertz CT molecular complexity index is 338. The van der Waals surface area contributed by atoms with Gasteiger partial charge in [0, 0.05) is 26.2 Å². The number of rotatable bonds is 4. The van der Waals surface area contributed by atoms with Crippen LogP contribution in [0.4, 0.5) is 0 Å². The summed E-state index contributed by atoms with van der Waals surface area (Å²) in [7, 11) is 0. The first kappa shape index (κ1) is 15.3. The highest BCUT2D eigenvalue weighted by molar-refractivity contribution is 5.80. The Hall–Kier alpha value is -1.10. The second-order valence-electron chi connectivity index (χ2n) is 5.91. The third kappa shape index (κ3) is 4.20. The maximum Gasteiger partial charge on any atom is 0.236 e. The first-order valence-corrected chi connectivity index (χ1v) is 7.98. The highest BCUT2D eigenvalue weighted by atomic mass is 16.2. The normalized spacial score (nSPS) is 24.4. The van der Waals surface area contributed by atoms with Crippen LogP contribution in [-0.4, -0.2) is 60.9 Å². The second-order valence-corrected chi connectivity index (χ2v) is 5.91. The number of amides is 2. The van der Waals surface area contributed by atoms with E-state index in [0.717, 1.165) is 45.4 Å². The number of hydrogen-bond donors (Lipinski definition) is 1. The molecule has 2 heterocycles. The zero-order valence-corrected chi connectivity index (χ0v) is 12.6. The number of hydrogen-bond acceptors (Lipinski definition) is 3. The smallest absolute Gasteiger partial charge is 0.236 e. The van der Waals surface area contributed by atoms with Gasteiger partial charge >= 0.3 is 0 Å². The van der Waals surface area contributed by atoms with Crippen molar-refractivity contribution in [1.82, 2.24) is 15.1 Å².